The first kappa shape index (κ1) is 19.2. The summed E-state index contributed by atoms with van der Waals surface area (Å²) in [6.07, 6.45) is 0. The van der Waals surface area contributed by atoms with Gasteiger partial charge in [0.1, 0.15) is 12.3 Å². The zero-order chi connectivity index (χ0) is 19.3. The van der Waals surface area contributed by atoms with Crippen LogP contribution in [0.25, 0.3) is 0 Å². The summed E-state index contributed by atoms with van der Waals surface area (Å²) in [5.41, 5.74) is 1.65. The number of likely N-dealkylation sites (N-methyl/N-ethyl adjacent to an activating group) is 1. The van der Waals surface area contributed by atoms with Crippen LogP contribution in [0.5, 0.6) is 5.75 Å². The first-order valence-corrected chi connectivity index (χ1v) is 8.13. The molecule has 0 saturated heterocycles. The third-order valence-corrected chi connectivity index (χ3v) is 3.80. The molecule has 0 heterocycles. The fourth-order valence-electron chi connectivity index (χ4n) is 2.32. The summed E-state index contributed by atoms with van der Waals surface area (Å²) < 4.78 is 5.37. The first-order chi connectivity index (χ1) is 12.3. The second-order valence-electron chi connectivity index (χ2n) is 6.18. The van der Waals surface area contributed by atoms with Gasteiger partial charge >= 0.3 is 5.97 Å². The van der Waals surface area contributed by atoms with Crippen molar-refractivity contribution >= 4 is 17.8 Å². The molecule has 0 spiro atoms. The molecule has 0 aromatic heterocycles. The minimum atomic E-state index is -0.575. The molecule has 0 unspecified atom stereocenters. The standard InChI is InChI=1S/C20H22N2O4/c1-14-10-11-16(19(24)21(2)3)12-17(14)26-18(23)13-22(4)20(25)15-8-6-5-7-9-15/h5-12H,13H2,1-4H3. The van der Waals surface area contributed by atoms with Crippen molar-refractivity contribution in [2.24, 2.45) is 0 Å². The van der Waals surface area contributed by atoms with Crippen molar-refractivity contribution in [2.75, 3.05) is 27.7 Å². The lowest BCUT2D eigenvalue weighted by Gasteiger charge is -2.17. The summed E-state index contributed by atoms with van der Waals surface area (Å²) in [6.45, 7) is 1.59. The van der Waals surface area contributed by atoms with Crippen LogP contribution in [-0.2, 0) is 4.79 Å². The summed E-state index contributed by atoms with van der Waals surface area (Å²) in [5.74, 6) is -0.716. The highest BCUT2D eigenvalue weighted by molar-refractivity contribution is 5.96. The van der Waals surface area contributed by atoms with E-state index in [1.54, 1.807) is 57.4 Å². The van der Waals surface area contributed by atoms with E-state index in [2.05, 4.69) is 0 Å². The van der Waals surface area contributed by atoms with Crippen LogP contribution < -0.4 is 4.74 Å². The summed E-state index contributed by atoms with van der Waals surface area (Å²) in [5, 5.41) is 0. The molecule has 0 radical (unpaired) electrons. The number of esters is 1. The number of carbonyl (C=O) groups is 3. The monoisotopic (exact) mass is 354 g/mol. The number of hydrogen-bond donors (Lipinski definition) is 0. The van der Waals surface area contributed by atoms with E-state index in [1.807, 2.05) is 6.07 Å². The van der Waals surface area contributed by atoms with Gasteiger partial charge in [0.25, 0.3) is 11.8 Å². The lowest BCUT2D eigenvalue weighted by atomic mass is 10.1. The average Bonchev–Trinajstić information content (AvgIpc) is 2.62. The summed E-state index contributed by atoms with van der Waals surface area (Å²) in [6, 6.07) is 13.6. The molecule has 0 N–H and O–H groups in total. The van der Waals surface area contributed by atoms with Crippen LogP contribution in [0.3, 0.4) is 0 Å². The number of benzene rings is 2. The van der Waals surface area contributed by atoms with Gasteiger partial charge in [-0.05, 0) is 36.8 Å². The molecule has 0 saturated carbocycles. The fraction of sp³-hybridized carbons (Fsp3) is 0.250. The summed E-state index contributed by atoms with van der Waals surface area (Å²) in [7, 11) is 4.84. The third-order valence-electron chi connectivity index (χ3n) is 3.80. The molecule has 0 fully saturated rings. The summed E-state index contributed by atoms with van der Waals surface area (Å²) in [4.78, 5) is 39.3. The zero-order valence-electron chi connectivity index (χ0n) is 15.4. The molecule has 0 aliphatic heterocycles. The SMILES string of the molecule is Cc1ccc(C(=O)N(C)C)cc1OC(=O)CN(C)C(=O)c1ccccc1. The molecule has 0 aliphatic carbocycles. The maximum Gasteiger partial charge on any atom is 0.331 e. The molecule has 2 amide bonds. The molecular formula is C20H22N2O4. The molecule has 6 nitrogen and oxygen atoms in total. The van der Waals surface area contributed by atoms with E-state index in [0.29, 0.717) is 16.9 Å². The summed E-state index contributed by atoms with van der Waals surface area (Å²) >= 11 is 0. The van der Waals surface area contributed by atoms with E-state index >= 15 is 0 Å². The minimum Gasteiger partial charge on any atom is -0.425 e. The van der Waals surface area contributed by atoms with Crippen LogP contribution in [0.1, 0.15) is 26.3 Å². The number of amides is 2. The Morgan fingerprint density at radius 1 is 0.885 bits per heavy atom. The molecule has 0 atom stereocenters. The lowest BCUT2D eigenvalue weighted by Crippen LogP contribution is -2.34. The largest absolute Gasteiger partial charge is 0.425 e. The Morgan fingerprint density at radius 2 is 1.54 bits per heavy atom. The molecule has 0 aliphatic rings. The molecule has 6 heteroatoms. The van der Waals surface area contributed by atoms with Gasteiger partial charge in [-0.2, -0.15) is 0 Å². The van der Waals surface area contributed by atoms with Gasteiger partial charge < -0.3 is 14.5 Å². The Hall–Kier alpha value is -3.15. The van der Waals surface area contributed by atoms with Crippen molar-refractivity contribution in [3.8, 4) is 5.75 Å². The predicted molar refractivity (Wildman–Crippen MR) is 98.2 cm³/mol. The molecule has 136 valence electrons. The first-order valence-electron chi connectivity index (χ1n) is 8.13. The van der Waals surface area contributed by atoms with E-state index in [-0.39, 0.29) is 18.4 Å². The Labute approximate surface area is 153 Å². The van der Waals surface area contributed by atoms with Crippen LogP contribution in [0.4, 0.5) is 0 Å². The maximum atomic E-state index is 12.3. The van der Waals surface area contributed by atoms with Crippen LogP contribution >= 0.6 is 0 Å². The van der Waals surface area contributed by atoms with Crippen molar-refractivity contribution in [1.29, 1.82) is 0 Å². The lowest BCUT2D eigenvalue weighted by molar-refractivity contribution is -0.134. The van der Waals surface area contributed by atoms with Gasteiger partial charge in [-0.3, -0.25) is 9.59 Å². The average molecular weight is 354 g/mol. The van der Waals surface area contributed by atoms with Gasteiger partial charge in [-0.15, -0.1) is 0 Å². The Bertz CT molecular complexity index is 816. The Morgan fingerprint density at radius 3 is 2.15 bits per heavy atom. The van der Waals surface area contributed by atoms with Crippen molar-refractivity contribution in [2.45, 2.75) is 6.92 Å². The number of hydrogen-bond acceptors (Lipinski definition) is 4. The van der Waals surface area contributed by atoms with Crippen LogP contribution in [-0.4, -0.2) is 55.3 Å². The number of rotatable bonds is 5. The quantitative estimate of drug-likeness (QED) is 0.611. The molecule has 2 rings (SSSR count). The van der Waals surface area contributed by atoms with Gasteiger partial charge in [0.2, 0.25) is 0 Å². The third kappa shape index (κ3) is 4.69. The van der Waals surface area contributed by atoms with Crippen LogP contribution in [0, 0.1) is 6.92 Å². The van der Waals surface area contributed by atoms with E-state index in [9.17, 15) is 14.4 Å². The molecule has 26 heavy (non-hydrogen) atoms. The van der Waals surface area contributed by atoms with Crippen molar-refractivity contribution in [3.05, 3.63) is 65.2 Å². The van der Waals surface area contributed by atoms with Gasteiger partial charge in [0.05, 0.1) is 0 Å². The van der Waals surface area contributed by atoms with Crippen molar-refractivity contribution in [3.63, 3.8) is 0 Å². The Balaban J connectivity index is 2.06. The van der Waals surface area contributed by atoms with Crippen LogP contribution in [0.2, 0.25) is 0 Å². The van der Waals surface area contributed by atoms with Crippen molar-refractivity contribution in [1.82, 2.24) is 9.80 Å². The smallest absolute Gasteiger partial charge is 0.331 e. The zero-order valence-corrected chi connectivity index (χ0v) is 15.4. The fourth-order valence-corrected chi connectivity index (χ4v) is 2.32. The highest BCUT2D eigenvalue weighted by Crippen LogP contribution is 2.20. The topological polar surface area (TPSA) is 66.9 Å². The van der Waals surface area contributed by atoms with E-state index < -0.39 is 5.97 Å². The van der Waals surface area contributed by atoms with E-state index in [1.165, 1.54) is 22.9 Å². The predicted octanol–water partition coefficient (Wildman–Crippen LogP) is 2.37. The second kappa shape index (κ2) is 8.29. The molecule has 0 bridgehead atoms. The minimum absolute atomic E-state index is 0.182. The maximum absolute atomic E-state index is 12.3. The number of aryl methyl sites for hydroxylation is 1. The molecule has 2 aromatic rings. The number of ether oxygens (including phenoxy) is 1. The van der Waals surface area contributed by atoms with E-state index in [0.717, 1.165) is 5.56 Å². The Kier molecular flexibility index (Phi) is 6.11. The molecule has 2 aromatic carbocycles. The second-order valence-corrected chi connectivity index (χ2v) is 6.18. The van der Waals surface area contributed by atoms with Crippen molar-refractivity contribution < 1.29 is 19.1 Å². The highest BCUT2D eigenvalue weighted by atomic mass is 16.5. The molecular weight excluding hydrogens is 332 g/mol. The van der Waals surface area contributed by atoms with Gasteiger partial charge in [-0.25, -0.2) is 4.79 Å². The normalized spacial score (nSPS) is 10.2. The van der Waals surface area contributed by atoms with Crippen LogP contribution in [0.15, 0.2) is 48.5 Å². The van der Waals surface area contributed by atoms with E-state index in [4.69, 9.17) is 4.74 Å². The van der Waals surface area contributed by atoms with Gasteiger partial charge in [-0.1, -0.05) is 24.3 Å². The number of nitrogens with zero attached hydrogens (tertiary/aromatic N) is 2. The van der Waals surface area contributed by atoms with Gasteiger partial charge in [0.15, 0.2) is 0 Å². The number of carbonyl (C=O) groups excluding carboxylic acids is 3. The highest BCUT2D eigenvalue weighted by Gasteiger charge is 2.18. The van der Waals surface area contributed by atoms with Gasteiger partial charge in [0, 0.05) is 32.3 Å².